The van der Waals surface area contributed by atoms with Gasteiger partial charge in [-0.2, -0.15) is 0 Å². The molecular formula is C27H31O16+. The van der Waals surface area contributed by atoms with Crippen LogP contribution in [0.25, 0.3) is 22.3 Å². The molecule has 16 nitrogen and oxygen atoms in total. The zero-order valence-corrected chi connectivity index (χ0v) is 22.3. The van der Waals surface area contributed by atoms with E-state index >= 15 is 0 Å². The summed E-state index contributed by atoms with van der Waals surface area (Å²) in [5, 5.41) is 112. The summed E-state index contributed by atoms with van der Waals surface area (Å²) in [6.45, 7) is 0.877. The third-order valence-electron chi connectivity index (χ3n) is 7.29. The van der Waals surface area contributed by atoms with Gasteiger partial charge >= 0.3 is 11.3 Å². The predicted molar refractivity (Wildman–Crippen MR) is 140 cm³/mol. The molecule has 3 aromatic rings. The highest BCUT2D eigenvalue weighted by Crippen LogP contribution is 2.45. The second-order valence-corrected chi connectivity index (χ2v) is 10.3. The number of hydrogen-bond donors (Lipinski definition) is 11. The summed E-state index contributed by atoms with van der Waals surface area (Å²) in [4.78, 5) is 0. The molecule has 11 N–H and O–H groups in total. The first-order valence-corrected chi connectivity index (χ1v) is 13.0. The van der Waals surface area contributed by atoms with E-state index in [-0.39, 0.29) is 33.8 Å². The number of hydrogen-bond acceptors (Lipinski definition) is 15. The molecule has 234 valence electrons. The van der Waals surface area contributed by atoms with Crippen molar-refractivity contribution in [2.75, 3.05) is 6.61 Å². The van der Waals surface area contributed by atoms with E-state index in [1.807, 2.05) is 0 Å². The van der Waals surface area contributed by atoms with Crippen molar-refractivity contribution >= 4 is 11.0 Å². The number of phenolic OH excluding ortho intramolecular Hbond substituents is 5. The Morgan fingerprint density at radius 1 is 0.698 bits per heavy atom. The number of ether oxygens (including phenoxy) is 4. The molecule has 0 amide bonds. The molecule has 2 saturated heterocycles. The Hall–Kier alpha value is -3.71. The lowest BCUT2D eigenvalue weighted by Gasteiger charge is -2.42. The SMILES string of the molecule is C[C@H]1O[C@H](OC[C@@H]2O[C@H](Oc3cc4c(O)cc(O)cc4[o+]c3-c3cc(O)c(O)c(O)c3)[C@@H](O)[C@H](O)[C@H]2O)[C@@H](O)[C@@H](O)[C@@H]1O. The zero-order chi connectivity index (χ0) is 31.3. The van der Waals surface area contributed by atoms with Crippen LogP contribution >= 0.6 is 0 Å². The summed E-state index contributed by atoms with van der Waals surface area (Å²) in [6, 6.07) is 5.39. The molecule has 1 aromatic heterocycles. The number of rotatable bonds is 6. The quantitative estimate of drug-likeness (QED) is 0.117. The first kappa shape index (κ1) is 30.7. The lowest BCUT2D eigenvalue weighted by Crippen LogP contribution is -2.61. The second-order valence-electron chi connectivity index (χ2n) is 10.3. The third kappa shape index (κ3) is 5.79. The minimum Gasteiger partial charge on any atom is -0.507 e. The molecule has 2 aliphatic heterocycles. The minimum absolute atomic E-state index is 0.00726. The van der Waals surface area contributed by atoms with Crippen LogP contribution in [0.5, 0.6) is 34.5 Å². The molecule has 0 bridgehead atoms. The van der Waals surface area contributed by atoms with Crippen molar-refractivity contribution in [1.82, 2.24) is 0 Å². The van der Waals surface area contributed by atoms with Crippen molar-refractivity contribution in [3.05, 3.63) is 30.3 Å². The lowest BCUT2D eigenvalue weighted by molar-refractivity contribution is -0.318. The molecule has 0 aliphatic carbocycles. The normalized spacial score (nSPS) is 33.0. The molecule has 0 saturated carbocycles. The average molecular weight is 612 g/mol. The maximum Gasteiger partial charge on any atom is 0.402 e. The number of aliphatic hydroxyl groups excluding tert-OH is 6. The van der Waals surface area contributed by atoms with Gasteiger partial charge in [0.15, 0.2) is 23.5 Å². The molecule has 2 aromatic carbocycles. The Morgan fingerprint density at radius 2 is 1.33 bits per heavy atom. The van der Waals surface area contributed by atoms with Gasteiger partial charge in [-0.3, -0.25) is 0 Å². The van der Waals surface area contributed by atoms with Crippen molar-refractivity contribution in [1.29, 1.82) is 0 Å². The van der Waals surface area contributed by atoms with E-state index in [9.17, 15) is 56.2 Å². The van der Waals surface area contributed by atoms with Gasteiger partial charge in [0, 0.05) is 24.3 Å². The van der Waals surface area contributed by atoms with Crippen molar-refractivity contribution < 1.29 is 79.5 Å². The highest BCUT2D eigenvalue weighted by Gasteiger charge is 2.48. The number of phenols is 5. The molecule has 0 unspecified atom stereocenters. The molecule has 3 heterocycles. The Balaban J connectivity index is 1.46. The van der Waals surface area contributed by atoms with Crippen LogP contribution in [-0.2, 0) is 14.2 Å². The van der Waals surface area contributed by atoms with Gasteiger partial charge in [-0.15, -0.1) is 0 Å². The van der Waals surface area contributed by atoms with E-state index < -0.39 is 91.0 Å². The van der Waals surface area contributed by atoms with Crippen LogP contribution in [0, 0.1) is 0 Å². The Bertz CT molecular complexity index is 1460. The standard InChI is InChI=1S/C27H30O16/c1-8-18(32)21(35)23(37)26(40-8)39-7-17-20(34)22(36)24(38)27(43-17)42-16-6-11-12(29)4-10(28)5-15(11)41-25(16)9-2-13(30)19(33)14(31)3-9/h2-6,8,17-18,20-24,26-27,32,34-38H,7H2,1H3,(H4-,28,29,30,31,33)/p+1/t8-,17+,18-,20+,21+,22-,23+,24+,26+,27+/m1/s1. The van der Waals surface area contributed by atoms with Gasteiger partial charge in [-0.05, 0) is 6.92 Å². The largest absolute Gasteiger partial charge is 0.507 e. The van der Waals surface area contributed by atoms with E-state index in [4.69, 9.17) is 23.4 Å². The fourth-order valence-electron chi connectivity index (χ4n) is 4.83. The Labute approximate surface area is 242 Å². The molecule has 2 fully saturated rings. The molecule has 2 aliphatic rings. The van der Waals surface area contributed by atoms with E-state index in [0.717, 1.165) is 24.3 Å². The fourth-order valence-corrected chi connectivity index (χ4v) is 4.83. The molecule has 0 radical (unpaired) electrons. The van der Waals surface area contributed by atoms with E-state index in [0.29, 0.717) is 0 Å². The van der Waals surface area contributed by atoms with Crippen molar-refractivity contribution in [2.24, 2.45) is 0 Å². The van der Waals surface area contributed by atoms with Crippen LogP contribution in [0.1, 0.15) is 6.92 Å². The molecule has 10 atom stereocenters. The number of fused-ring (bicyclic) bond motifs is 1. The van der Waals surface area contributed by atoms with Crippen molar-refractivity contribution in [3.8, 4) is 45.8 Å². The molecule has 5 rings (SSSR count). The number of aliphatic hydroxyl groups is 6. The summed E-state index contributed by atoms with van der Waals surface area (Å²) < 4.78 is 28.1. The van der Waals surface area contributed by atoms with Crippen molar-refractivity contribution in [3.63, 3.8) is 0 Å². The van der Waals surface area contributed by atoms with Gasteiger partial charge in [0.2, 0.25) is 12.0 Å². The predicted octanol–water partition coefficient (Wildman–Crippen LogP) is -1.06. The summed E-state index contributed by atoms with van der Waals surface area (Å²) in [5.41, 5.74) is -0.150. The van der Waals surface area contributed by atoms with Crippen LogP contribution < -0.4 is 4.74 Å². The van der Waals surface area contributed by atoms with Gasteiger partial charge in [0.05, 0.1) is 24.3 Å². The third-order valence-corrected chi connectivity index (χ3v) is 7.29. The van der Waals surface area contributed by atoms with Crippen LogP contribution in [-0.4, -0.2) is 124 Å². The van der Waals surface area contributed by atoms with Crippen LogP contribution in [0.2, 0.25) is 0 Å². The van der Waals surface area contributed by atoms with Gasteiger partial charge in [0.25, 0.3) is 0 Å². The fraction of sp³-hybridized carbons (Fsp3) is 0.444. The maximum absolute atomic E-state index is 10.7. The average Bonchev–Trinajstić information content (AvgIpc) is 2.96. The Morgan fingerprint density at radius 3 is 2.00 bits per heavy atom. The molecule has 0 spiro atoms. The molecule has 43 heavy (non-hydrogen) atoms. The molecule has 16 heteroatoms. The van der Waals surface area contributed by atoms with Gasteiger partial charge in [-0.25, -0.2) is 4.42 Å². The van der Waals surface area contributed by atoms with Gasteiger partial charge in [-0.1, -0.05) is 0 Å². The van der Waals surface area contributed by atoms with Gasteiger partial charge in [0.1, 0.15) is 59.6 Å². The smallest absolute Gasteiger partial charge is 0.402 e. The second kappa shape index (κ2) is 11.8. The Kier molecular flexibility index (Phi) is 8.41. The maximum atomic E-state index is 10.7. The topological polar surface area (TPSA) is 271 Å². The van der Waals surface area contributed by atoms with E-state index in [2.05, 4.69) is 0 Å². The minimum atomic E-state index is -1.88. The number of benzene rings is 2. The van der Waals surface area contributed by atoms with Crippen molar-refractivity contribution in [2.45, 2.75) is 68.3 Å². The first-order valence-electron chi connectivity index (χ1n) is 13.0. The monoisotopic (exact) mass is 611 g/mol. The first-order chi connectivity index (χ1) is 20.3. The summed E-state index contributed by atoms with van der Waals surface area (Å²) >= 11 is 0. The van der Waals surface area contributed by atoms with Crippen LogP contribution in [0.15, 0.2) is 34.7 Å². The summed E-state index contributed by atoms with van der Waals surface area (Å²) in [7, 11) is 0. The van der Waals surface area contributed by atoms with Crippen LogP contribution in [0.4, 0.5) is 0 Å². The zero-order valence-electron chi connectivity index (χ0n) is 22.3. The van der Waals surface area contributed by atoms with E-state index in [1.54, 1.807) is 0 Å². The number of aromatic hydroxyl groups is 5. The summed E-state index contributed by atoms with van der Waals surface area (Å²) in [5.74, 6) is -3.64. The van der Waals surface area contributed by atoms with E-state index in [1.165, 1.54) is 13.0 Å². The highest BCUT2D eigenvalue weighted by atomic mass is 16.7. The molecular weight excluding hydrogens is 580 g/mol. The summed E-state index contributed by atoms with van der Waals surface area (Å²) in [6.07, 6.45) is -15.6. The lowest BCUT2D eigenvalue weighted by atomic mass is 9.98. The van der Waals surface area contributed by atoms with Gasteiger partial charge < -0.3 is 75.1 Å². The van der Waals surface area contributed by atoms with Crippen LogP contribution in [0.3, 0.4) is 0 Å². The highest BCUT2D eigenvalue weighted by molar-refractivity contribution is 5.88.